The van der Waals surface area contributed by atoms with E-state index in [1.807, 2.05) is 12.1 Å². The highest BCUT2D eigenvalue weighted by atomic mass is 16.6. The van der Waals surface area contributed by atoms with E-state index < -0.39 is 29.6 Å². The number of nitrogens with one attached hydrogen (secondary N) is 1. The van der Waals surface area contributed by atoms with Gasteiger partial charge in [0.25, 0.3) is 0 Å². The molecule has 1 aromatic carbocycles. The van der Waals surface area contributed by atoms with Gasteiger partial charge in [0.15, 0.2) is 0 Å². The molecule has 2 N–H and O–H groups in total. The zero-order valence-corrected chi connectivity index (χ0v) is 13.9. The fourth-order valence-electron chi connectivity index (χ4n) is 2.80. The molecular formula is C17H23NO5. The molecule has 0 radical (unpaired) electrons. The summed E-state index contributed by atoms with van der Waals surface area (Å²) in [5.74, 6) is -0.885. The number of benzene rings is 1. The van der Waals surface area contributed by atoms with E-state index in [1.165, 1.54) is 0 Å². The van der Waals surface area contributed by atoms with Gasteiger partial charge in [-0.15, -0.1) is 0 Å². The van der Waals surface area contributed by atoms with E-state index in [2.05, 4.69) is 5.32 Å². The molecule has 1 aromatic rings. The zero-order valence-electron chi connectivity index (χ0n) is 13.9. The summed E-state index contributed by atoms with van der Waals surface area (Å²) >= 11 is 0. The van der Waals surface area contributed by atoms with Crippen LogP contribution in [0.3, 0.4) is 0 Å². The summed E-state index contributed by atoms with van der Waals surface area (Å²) in [6.45, 7) is 5.29. The van der Waals surface area contributed by atoms with Crippen molar-refractivity contribution in [3.63, 3.8) is 0 Å². The molecule has 6 heteroatoms. The first-order valence-corrected chi connectivity index (χ1v) is 7.60. The van der Waals surface area contributed by atoms with Crippen LogP contribution in [-0.2, 0) is 16.0 Å². The number of rotatable bonds is 3. The molecule has 126 valence electrons. The molecule has 0 heterocycles. The Hall–Kier alpha value is -2.24. The Morgan fingerprint density at radius 1 is 1.30 bits per heavy atom. The van der Waals surface area contributed by atoms with Gasteiger partial charge in [0.05, 0.1) is 19.1 Å². The summed E-state index contributed by atoms with van der Waals surface area (Å²) in [6, 6.07) is 4.85. The predicted octanol–water partition coefficient (Wildman–Crippen LogP) is 2.91. The van der Waals surface area contributed by atoms with Crippen LogP contribution < -0.4 is 10.1 Å². The van der Waals surface area contributed by atoms with Gasteiger partial charge in [-0.3, -0.25) is 4.79 Å². The molecule has 2 rings (SSSR count). The van der Waals surface area contributed by atoms with Crippen LogP contribution in [0.5, 0.6) is 5.75 Å². The minimum Gasteiger partial charge on any atom is -0.497 e. The average molecular weight is 321 g/mol. The highest BCUT2D eigenvalue weighted by molar-refractivity contribution is 5.75. The van der Waals surface area contributed by atoms with Gasteiger partial charge in [0.1, 0.15) is 11.4 Å². The van der Waals surface area contributed by atoms with Crippen molar-refractivity contribution in [3.05, 3.63) is 29.3 Å². The summed E-state index contributed by atoms with van der Waals surface area (Å²) in [7, 11) is 1.58. The number of hydrogen-bond acceptors (Lipinski definition) is 4. The molecule has 1 amide bonds. The van der Waals surface area contributed by atoms with Crippen molar-refractivity contribution in [1.82, 2.24) is 5.32 Å². The van der Waals surface area contributed by atoms with Gasteiger partial charge >= 0.3 is 12.1 Å². The minimum absolute atomic E-state index is 0.454. The molecule has 2 atom stereocenters. The van der Waals surface area contributed by atoms with Gasteiger partial charge in [-0.05, 0) is 56.9 Å². The van der Waals surface area contributed by atoms with Crippen LogP contribution in [0.4, 0.5) is 4.79 Å². The van der Waals surface area contributed by atoms with Gasteiger partial charge < -0.3 is 19.9 Å². The van der Waals surface area contributed by atoms with Crippen molar-refractivity contribution < 1.29 is 24.2 Å². The van der Waals surface area contributed by atoms with Gasteiger partial charge in [-0.25, -0.2) is 4.79 Å². The lowest BCUT2D eigenvalue weighted by molar-refractivity contribution is -0.143. The zero-order chi connectivity index (χ0) is 17.2. The van der Waals surface area contributed by atoms with Gasteiger partial charge in [0.2, 0.25) is 0 Å². The maximum atomic E-state index is 12.1. The number of methoxy groups -OCH3 is 1. The summed E-state index contributed by atoms with van der Waals surface area (Å²) in [5, 5.41) is 12.2. The van der Waals surface area contributed by atoms with Crippen LogP contribution in [0.1, 0.15) is 44.4 Å². The maximum absolute atomic E-state index is 12.1. The molecule has 23 heavy (non-hydrogen) atoms. The second-order valence-corrected chi connectivity index (χ2v) is 6.67. The Morgan fingerprint density at radius 2 is 2.00 bits per heavy atom. The van der Waals surface area contributed by atoms with Crippen molar-refractivity contribution in [2.24, 2.45) is 5.92 Å². The van der Waals surface area contributed by atoms with E-state index in [9.17, 15) is 14.7 Å². The second-order valence-electron chi connectivity index (χ2n) is 6.67. The molecule has 0 unspecified atom stereocenters. The number of alkyl carbamates (subject to hydrolysis) is 1. The molecule has 1 aliphatic carbocycles. The van der Waals surface area contributed by atoms with Crippen LogP contribution in [0.25, 0.3) is 0 Å². The monoisotopic (exact) mass is 321 g/mol. The average Bonchev–Trinajstić information content (AvgIpc) is 2.44. The first-order valence-electron chi connectivity index (χ1n) is 7.60. The first-order chi connectivity index (χ1) is 10.7. The van der Waals surface area contributed by atoms with Crippen LogP contribution in [0.15, 0.2) is 18.2 Å². The molecule has 1 aliphatic rings. The number of hydrogen-bond donors (Lipinski definition) is 2. The molecule has 0 bridgehead atoms. The molecule has 0 saturated heterocycles. The number of amides is 1. The van der Waals surface area contributed by atoms with E-state index in [1.54, 1.807) is 33.9 Å². The Kier molecular flexibility index (Phi) is 4.82. The second kappa shape index (κ2) is 6.48. The predicted molar refractivity (Wildman–Crippen MR) is 84.6 cm³/mol. The summed E-state index contributed by atoms with van der Waals surface area (Å²) in [4.78, 5) is 23.6. The van der Waals surface area contributed by atoms with Gasteiger partial charge in [-0.2, -0.15) is 0 Å². The van der Waals surface area contributed by atoms with Crippen LogP contribution >= 0.6 is 0 Å². The third-order valence-corrected chi connectivity index (χ3v) is 3.80. The molecule has 0 saturated carbocycles. The third-order valence-electron chi connectivity index (χ3n) is 3.80. The van der Waals surface area contributed by atoms with Gasteiger partial charge in [0, 0.05) is 0 Å². The molecule has 0 fully saturated rings. The van der Waals surface area contributed by atoms with E-state index in [0.717, 1.165) is 11.1 Å². The topological polar surface area (TPSA) is 84.9 Å². The summed E-state index contributed by atoms with van der Waals surface area (Å²) in [6.07, 6.45) is 0.476. The van der Waals surface area contributed by atoms with Crippen LogP contribution in [0.2, 0.25) is 0 Å². The maximum Gasteiger partial charge on any atom is 0.408 e. The summed E-state index contributed by atoms with van der Waals surface area (Å²) in [5.41, 5.74) is 1.15. The van der Waals surface area contributed by atoms with E-state index in [4.69, 9.17) is 9.47 Å². The van der Waals surface area contributed by atoms with Gasteiger partial charge in [-0.1, -0.05) is 6.07 Å². The number of aliphatic carboxylic acids is 1. The molecule has 0 aliphatic heterocycles. The fraction of sp³-hybridized carbons (Fsp3) is 0.529. The Balaban J connectivity index is 2.29. The van der Waals surface area contributed by atoms with E-state index in [-0.39, 0.29) is 0 Å². The van der Waals surface area contributed by atoms with E-state index >= 15 is 0 Å². The van der Waals surface area contributed by atoms with Crippen molar-refractivity contribution in [1.29, 1.82) is 0 Å². The standard InChI is InChI=1S/C17H23NO5/c1-17(2,3)23-16(21)18-14-12-8-6-11(22-4)9-10(12)5-7-13(14)15(19)20/h6,8-9,13-14H,5,7H2,1-4H3,(H,18,21)(H,19,20)/t13-,14+/m0/s1. The van der Waals surface area contributed by atoms with Crippen LogP contribution in [0, 0.1) is 5.92 Å². The fourth-order valence-corrected chi connectivity index (χ4v) is 2.80. The molecular weight excluding hydrogens is 298 g/mol. The van der Waals surface area contributed by atoms with Crippen molar-refractivity contribution in [3.8, 4) is 5.75 Å². The van der Waals surface area contributed by atoms with E-state index in [0.29, 0.717) is 18.6 Å². The molecule has 6 nitrogen and oxygen atoms in total. The number of aryl methyl sites for hydroxylation is 1. The quantitative estimate of drug-likeness (QED) is 0.894. The number of carboxylic acid groups (broad SMARTS) is 1. The number of fused-ring (bicyclic) bond motifs is 1. The lowest BCUT2D eigenvalue weighted by Gasteiger charge is -2.32. The van der Waals surface area contributed by atoms with Crippen molar-refractivity contribution in [2.75, 3.05) is 7.11 Å². The summed E-state index contributed by atoms with van der Waals surface area (Å²) < 4.78 is 10.5. The highest BCUT2D eigenvalue weighted by Crippen LogP contribution is 2.36. The Labute approximate surface area is 135 Å². The number of ether oxygens (including phenoxy) is 2. The first kappa shape index (κ1) is 17.1. The van der Waals surface area contributed by atoms with Crippen molar-refractivity contribution in [2.45, 2.75) is 45.3 Å². The third kappa shape index (κ3) is 4.15. The minimum atomic E-state index is -0.924. The van der Waals surface area contributed by atoms with Crippen molar-refractivity contribution >= 4 is 12.1 Å². The number of carbonyl (C=O) groups excluding carboxylic acids is 1. The van der Waals surface area contributed by atoms with Crippen LogP contribution in [-0.4, -0.2) is 29.9 Å². The SMILES string of the molecule is COc1ccc2c(c1)CC[C@H](C(=O)O)[C@@H]2NC(=O)OC(C)(C)C. The molecule has 0 spiro atoms. The molecule has 0 aromatic heterocycles. The Morgan fingerprint density at radius 3 is 2.57 bits per heavy atom. The lowest BCUT2D eigenvalue weighted by atomic mass is 9.79. The highest BCUT2D eigenvalue weighted by Gasteiger charge is 2.36. The Bertz CT molecular complexity index is 605. The number of carboxylic acids is 1. The number of carbonyl (C=O) groups is 2. The smallest absolute Gasteiger partial charge is 0.408 e. The largest absolute Gasteiger partial charge is 0.497 e. The normalized spacial score (nSPS) is 20.3. The lowest BCUT2D eigenvalue weighted by Crippen LogP contribution is -2.42.